The molecule has 0 fully saturated rings. The fourth-order valence-corrected chi connectivity index (χ4v) is 4.81. The number of benzene rings is 3. The second-order valence-electron chi connectivity index (χ2n) is 6.93. The van der Waals surface area contributed by atoms with Crippen molar-refractivity contribution in [3.63, 3.8) is 0 Å². The molecule has 3 aromatic carbocycles. The molecule has 1 N–H and O–H groups in total. The van der Waals surface area contributed by atoms with E-state index in [4.69, 9.17) is 16.3 Å². The number of ether oxygens (including phenoxy) is 1. The Bertz CT molecular complexity index is 1190. The van der Waals surface area contributed by atoms with Crippen LogP contribution in [0.15, 0.2) is 77.7 Å². The van der Waals surface area contributed by atoms with Gasteiger partial charge in [0.25, 0.3) is 0 Å². The molecule has 0 aliphatic rings. The third-order valence-electron chi connectivity index (χ3n) is 4.68. The summed E-state index contributed by atoms with van der Waals surface area (Å²) in [5.41, 5.74) is 1.16. The predicted molar refractivity (Wildman–Crippen MR) is 122 cm³/mol. The molecule has 0 unspecified atom stereocenters. The quantitative estimate of drug-likeness (QED) is 0.498. The van der Waals surface area contributed by atoms with Crippen molar-refractivity contribution in [1.82, 2.24) is 4.31 Å². The molecule has 1 amide bonds. The van der Waals surface area contributed by atoms with Crippen LogP contribution in [0.2, 0.25) is 5.02 Å². The third kappa shape index (κ3) is 6.06. The van der Waals surface area contributed by atoms with Gasteiger partial charge in [-0.2, -0.15) is 4.31 Å². The summed E-state index contributed by atoms with van der Waals surface area (Å²) in [6.07, 6.45) is 0.400. The number of methoxy groups -OCH3 is 1. The van der Waals surface area contributed by atoms with Crippen molar-refractivity contribution in [2.45, 2.75) is 11.3 Å². The molecule has 3 rings (SSSR count). The first-order valence-corrected chi connectivity index (χ1v) is 11.5. The number of nitrogens with zero attached hydrogens (tertiary/aromatic N) is 1. The summed E-state index contributed by atoms with van der Waals surface area (Å²) in [5.74, 6) is -0.763. The van der Waals surface area contributed by atoms with Gasteiger partial charge in [0.2, 0.25) is 15.9 Å². The molecule has 0 aromatic heterocycles. The van der Waals surface area contributed by atoms with Crippen LogP contribution in [-0.2, 0) is 21.2 Å². The Balaban J connectivity index is 1.85. The van der Waals surface area contributed by atoms with Crippen molar-refractivity contribution in [2.75, 3.05) is 25.5 Å². The summed E-state index contributed by atoms with van der Waals surface area (Å²) in [5, 5.41) is 2.67. The number of nitrogens with one attached hydrogen (secondary N) is 1. The molecule has 0 aliphatic carbocycles. The molecule has 0 bridgehead atoms. The molecular weight excluding hydrogens is 455 g/mol. The molecule has 0 atom stereocenters. The molecule has 168 valence electrons. The molecular formula is C23H22ClFN2O4S. The van der Waals surface area contributed by atoms with E-state index in [0.717, 1.165) is 15.9 Å². The first-order valence-electron chi connectivity index (χ1n) is 9.72. The molecule has 0 saturated heterocycles. The van der Waals surface area contributed by atoms with E-state index in [0.29, 0.717) is 12.2 Å². The van der Waals surface area contributed by atoms with Crippen LogP contribution in [0.1, 0.15) is 5.56 Å². The van der Waals surface area contributed by atoms with Crippen LogP contribution in [0.25, 0.3) is 0 Å². The smallest absolute Gasteiger partial charge is 0.243 e. The van der Waals surface area contributed by atoms with Crippen LogP contribution in [0.3, 0.4) is 0 Å². The normalized spacial score (nSPS) is 11.4. The minimum atomic E-state index is -4.06. The van der Waals surface area contributed by atoms with E-state index in [1.807, 2.05) is 30.3 Å². The molecule has 0 saturated carbocycles. The molecule has 0 radical (unpaired) electrons. The number of sulfonamides is 1. The molecule has 32 heavy (non-hydrogen) atoms. The number of carbonyl (C=O) groups is 1. The molecule has 0 aliphatic heterocycles. The highest BCUT2D eigenvalue weighted by atomic mass is 35.5. The van der Waals surface area contributed by atoms with Crippen molar-refractivity contribution in [3.05, 3.63) is 89.2 Å². The summed E-state index contributed by atoms with van der Waals surface area (Å²) in [6.45, 7) is -0.387. The van der Waals surface area contributed by atoms with Crippen LogP contribution >= 0.6 is 11.6 Å². The second kappa shape index (κ2) is 10.6. The van der Waals surface area contributed by atoms with E-state index in [1.54, 1.807) is 0 Å². The number of carbonyl (C=O) groups excluding carboxylic acids is 1. The highest BCUT2D eigenvalue weighted by molar-refractivity contribution is 7.89. The second-order valence-corrected chi connectivity index (χ2v) is 9.27. The topological polar surface area (TPSA) is 75.7 Å². The lowest BCUT2D eigenvalue weighted by molar-refractivity contribution is -0.116. The van der Waals surface area contributed by atoms with E-state index in [2.05, 4.69) is 5.32 Å². The lowest BCUT2D eigenvalue weighted by Gasteiger charge is -2.22. The highest BCUT2D eigenvalue weighted by Crippen LogP contribution is 2.28. The average molecular weight is 477 g/mol. The third-order valence-corrected chi connectivity index (χ3v) is 6.82. The largest absolute Gasteiger partial charge is 0.495 e. The number of hydrogen-bond acceptors (Lipinski definition) is 4. The Morgan fingerprint density at radius 3 is 2.47 bits per heavy atom. The van der Waals surface area contributed by atoms with Crippen LogP contribution in [0, 0.1) is 5.82 Å². The zero-order chi connectivity index (χ0) is 23.1. The van der Waals surface area contributed by atoms with Gasteiger partial charge in [0.15, 0.2) is 0 Å². The zero-order valence-electron chi connectivity index (χ0n) is 17.3. The Hall–Kier alpha value is -2.94. The van der Waals surface area contributed by atoms with Crippen molar-refractivity contribution in [1.29, 1.82) is 0 Å². The van der Waals surface area contributed by atoms with Gasteiger partial charge in [-0.05, 0) is 48.4 Å². The van der Waals surface area contributed by atoms with Crippen molar-refractivity contribution in [2.24, 2.45) is 0 Å². The summed E-state index contributed by atoms with van der Waals surface area (Å²) < 4.78 is 46.2. The van der Waals surface area contributed by atoms with Gasteiger partial charge in [-0.1, -0.05) is 48.0 Å². The number of anilines is 1. The molecule has 6 nitrogen and oxygen atoms in total. The number of hydrogen-bond donors (Lipinski definition) is 1. The monoisotopic (exact) mass is 476 g/mol. The van der Waals surface area contributed by atoms with E-state index in [9.17, 15) is 17.6 Å². The van der Waals surface area contributed by atoms with E-state index in [-0.39, 0.29) is 22.2 Å². The Morgan fingerprint density at radius 2 is 1.81 bits per heavy atom. The van der Waals surface area contributed by atoms with Gasteiger partial charge in [-0.15, -0.1) is 0 Å². The van der Waals surface area contributed by atoms with Crippen molar-refractivity contribution >= 4 is 33.2 Å². The Kier molecular flexibility index (Phi) is 7.84. The zero-order valence-corrected chi connectivity index (χ0v) is 18.9. The Morgan fingerprint density at radius 1 is 1.06 bits per heavy atom. The number of halogens is 2. The van der Waals surface area contributed by atoms with Gasteiger partial charge < -0.3 is 10.1 Å². The lowest BCUT2D eigenvalue weighted by atomic mass is 10.1. The van der Waals surface area contributed by atoms with E-state index < -0.39 is 28.3 Å². The van der Waals surface area contributed by atoms with Crippen LogP contribution in [-0.4, -0.2) is 38.8 Å². The summed E-state index contributed by atoms with van der Waals surface area (Å²) in [4.78, 5) is 12.5. The average Bonchev–Trinajstić information content (AvgIpc) is 2.77. The molecule has 0 spiro atoms. The fraction of sp³-hybridized carbons (Fsp3) is 0.174. The van der Waals surface area contributed by atoms with Gasteiger partial charge in [-0.25, -0.2) is 12.8 Å². The summed E-state index contributed by atoms with van der Waals surface area (Å²) in [7, 11) is -2.63. The number of amides is 1. The van der Waals surface area contributed by atoms with Gasteiger partial charge >= 0.3 is 0 Å². The highest BCUT2D eigenvalue weighted by Gasteiger charge is 2.27. The fourth-order valence-electron chi connectivity index (χ4n) is 3.07. The van der Waals surface area contributed by atoms with Crippen LogP contribution < -0.4 is 10.1 Å². The van der Waals surface area contributed by atoms with Crippen molar-refractivity contribution < 1.29 is 22.3 Å². The lowest BCUT2D eigenvalue weighted by Crippen LogP contribution is -2.39. The standard InChI is InChI=1S/C23H22ClFN2O4S/c1-31-22-11-10-20(15-21(22)24)32(29,30)27(13-12-17-6-3-2-4-7-17)16-23(28)26-19-9-5-8-18(25)14-19/h2-11,14-15H,12-13,16H2,1H3,(H,26,28). The molecule has 3 aromatic rings. The maximum Gasteiger partial charge on any atom is 0.243 e. The summed E-state index contributed by atoms with van der Waals surface area (Å²) >= 11 is 6.12. The van der Waals surface area contributed by atoms with Gasteiger partial charge in [0.1, 0.15) is 11.6 Å². The van der Waals surface area contributed by atoms with Crippen LogP contribution in [0.4, 0.5) is 10.1 Å². The number of rotatable bonds is 9. The maximum atomic E-state index is 13.4. The first-order chi connectivity index (χ1) is 15.3. The maximum absolute atomic E-state index is 13.4. The predicted octanol–water partition coefficient (Wildman–Crippen LogP) is 4.36. The first kappa shape index (κ1) is 23.7. The molecule has 0 heterocycles. The van der Waals surface area contributed by atoms with Crippen molar-refractivity contribution in [3.8, 4) is 5.75 Å². The van der Waals surface area contributed by atoms with E-state index in [1.165, 1.54) is 43.5 Å². The van der Waals surface area contributed by atoms with E-state index >= 15 is 0 Å². The van der Waals surface area contributed by atoms with Gasteiger partial charge in [0.05, 0.1) is 23.6 Å². The SMILES string of the molecule is COc1ccc(S(=O)(=O)N(CCc2ccccc2)CC(=O)Nc2cccc(F)c2)cc1Cl. The summed E-state index contributed by atoms with van der Waals surface area (Å²) in [6, 6.07) is 18.8. The Labute approximate surface area is 191 Å². The van der Waals surface area contributed by atoms with Crippen LogP contribution in [0.5, 0.6) is 5.75 Å². The molecule has 9 heteroatoms. The van der Waals surface area contributed by atoms with Gasteiger partial charge in [-0.3, -0.25) is 4.79 Å². The van der Waals surface area contributed by atoms with Gasteiger partial charge in [0, 0.05) is 12.2 Å². The minimum absolute atomic E-state index is 0.0603. The minimum Gasteiger partial charge on any atom is -0.495 e.